The summed E-state index contributed by atoms with van der Waals surface area (Å²) in [7, 11) is 0. The molecule has 0 unspecified atom stereocenters. The van der Waals surface area contributed by atoms with Crippen molar-refractivity contribution in [3.05, 3.63) is 53.6 Å². The molecule has 0 amide bonds. The van der Waals surface area contributed by atoms with Crippen LogP contribution in [0.15, 0.2) is 57.2 Å². The lowest BCUT2D eigenvalue weighted by Gasteiger charge is -2.24. The second kappa shape index (κ2) is 6.94. The van der Waals surface area contributed by atoms with Crippen LogP contribution in [0.25, 0.3) is 0 Å². The first-order valence-electron chi connectivity index (χ1n) is 8.13. The van der Waals surface area contributed by atoms with E-state index in [0.29, 0.717) is 0 Å². The van der Waals surface area contributed by atoms with Crippen molar-refractivity contribution in [3.63, 3.8) is 0 Å². The average Bonchev–Trinajstić information content (AvgIpc) is 2.40. The Bertz CT molecular complexity index is 656. The van der Waals surface area contributed by atoms with Crippen molar-refractivity contribution < 1.29 is 0 Å². The zero-order valence-corrected chi connectivity index (χ0v) is 17.0. The molecule has 124 valence electrons. The zero-order chi connectivity index (χ0) is 17.3. The molecule has 0 aliphatic carbocycles. The molecule has 2 rings (SSSR count). The normalized spacial score (nSPS) is 12.5. The number of thioether (sulfide) groups is 1. The average molecular weight is 345 g/mol. The first kappa shape index (κ1) is 18.5. The molecule has 0 saturated carbocycles. The number of benzene rings is 2. The Morgan fingerprint density at radius 1 is 0.739 bits per heavy atom. The molecule has 0 aliphatic heterocycles. The fraction of sp³-hybridized carbons (Fsp3) is 0.429. The van der Waals surface area contributed by atoms with Crippen molar-refractivity contribution in [3.8, 4) is 0 Å². The van der Waals surface area contributed by atoms with Gasteiger partial charge in [-0.3, -0.25) is 0 Å². The maximum absolute atomic E-state index is 2.37. The number of hydrogen-bond donors (Lipinski definition) is 0. The largest absolute Gasteiger partial charge is 0.119 e. The van der Waals surface area contributed by atoms with E-state index in [-0.39, 0.29) is 10.2 Å². The van der Waals surface area contributed by atoms with Gasteiger partial charge < -0.3 is 0 Å². The van der Waals surface area contributed by atoms with Gasteiger partial charge in [0.25, 0.3) is 0 Å². The lowest BCUT2D eigenvalue weighted by Crippen LogP contribution is -2.12. The summed E-state index contributed by atoms with van der Waals surface area (Å²) in [6, 6.07) is 15.8. The zero-order valence-electron chi connectivity index (χ0n) is 15.4. The maximum Gasteiger partial charge on any atom is 0.0261 e. The van der Waals surface area contributed by atoms with E-state index in [2.05, 4.69) is 90.9 Å². The highest BCUT2D eigenvalue weighted by Crippen LogP contribution is 2.42. The van der Waals surface area contributed by atoms with Gasteiger partial charge >= 0.3 is 0 Å². The van der Waals surface area contributed by atoms with Crippen molar-refractivity contribution in [2.45, 2.75) is 73.3 Å². The smallest absolute Gasteiger partial charge is 0.0261 e. The van der Waals surface area contributed by atoms with E-state index in [1.165, 1.54) is 25.8 Å². The minimum atomic E-state index is 0.174. The van der Waals surface area contributed by atoms with Crippen LogP contribution in [-0.4, -0.2) is 4.75 Å². The Labute approximate surface area is 150 Å². The highest BCUT2D eigenvalue weighted by Gasteiger charge is 2.19. The van der Waals surface area contributed by atoms with Crippen LogP contribution in [0, 0.1) is 6.92 Å². The van der Waals surface area contributed by atoms with E-state index in [9.17, 15) is 0 Å². The van der Waals surface area contributed by atoms with E-state index in [4.69, 9.17) is 0 Å². The summed E-state index contributed by atoms with van der Waals surface area (Å²) in [6.07, 6.45) is 0. The van der Waals surface area contributed by atoms with Gasteiger partial charge in [-0.1, -0.05) is 77.1 Å². The summed E-state index contributed by atoms with van der Waals surface area (Å²) in [6.45, 7) is 15.8. The standard InChI is InChI=1S/C21H28S2/c1-15-8-11-17(12-9-15)22-19-14-16(20(2,3)4)10-13-18(19)23-21(5,6)7/h8-14H,1-7H3. The van der Waals surface area contributed by atoms with Crippen LogP contribution in [0.4, 0.5) is 0 Å². The molecule has 0 atom stereocenters. The number of hydrogen-bond acceptors (Lipinski definition) is 2. The minimum absolute atomic E-state index is 0.174. The van der Waals surface area contributed by atoms with Gasteiger partial charge in [0.15, 0.2) is 0 Å². The number of aryl methyl sites for hydroxylation is 1. The van der Waals surface area contributed by atoms with Crippen LogP contribution in [-0.2, 0) is 5.41 Å². The molecular weight excluding hydrogens is 316 g/mol. The Morgan fingerprint density at radius 2 is 1.35 bits per heavy atom. The van der Waals surface area contributed by atoms with Gasteiger partial charge in [0.05, 0.1) is 0 Å². The number of rotatable bonds is 3. The van der Waals surface area contributed by atoms with Gasteiger partial charge in [-0.05, 0) is 42.2 Å². The van der Waals surface area contributed by atoms with E-state index in [1.54, 1.807) is 0 Å². The monoisotopic (exact) mass is 344 g/mol. The quantitative estimate of drug-likeness (QED) is 0.534. The van der Waals surface area contributed by atoms with Gasteiger partial charge in [-0.15, -0.1) is 11.8 Å². The van der Waals surface area contributed by atoms with E-state index in [0.717, 1.165) is 0 Å². The molecule has 0 bridgehead atoms. The summed E-state index contributed by atoms with van der Waals surface area (Å²) in [5.41, 5.74) is 2.88. The summed E-state index contributed by atoms with van der Waals surface area (Å²) in [5, 5.41) is 0. The third-order valence-electron chi connectivity index (χ3n) is 3.47. The van der Waals surface area contributed by atoms with Gasteiger partial charge in [0, 0.05) is 19.4 Å². The van der Waals surface area contributed by atoms with Crippen LogP contribution < -0.4 is 0 Å². The van der Waals surface area contributed by atoms with Crippen molar-refractivity contribution in [2.24, 2.45) is 0 Å². The molecule has 0 saturated heterocycles. The van der Waals surface area contributed by atoms with Crippen molar-refractivity contribution >= 4 is 23.5 Å². The highest BCUT2D eigenvalue weighted by molar-refractivity contribution is 8.03. The molecule has 2 aromatic carbocycles. The van der Waals surface area contributed by atoms with Gasteiger partial charge in [-0.25, -0.2) is 0 Å². The summed E-state index contributed by atoms with van der Waals surface area (Å²) >= 11 is 3.82. The van der Waals surface area contributed by atoms with Crippen LogP contribution in [0.5, 0.6) is 0 Å². The van der Waals surface area contributed by atoms with Crippen LogP contribution >= 0.6 is 23.5 Å². The van der Waals surface area contributed by atoms with Gasteiger partial charge in [-0.2, -0.15) is 0 Å². The fourth-order valence-corrected chi connectivity index (χ4v) is 4.29. The van der Waals surface area contributed by atoms with E-state index in [1.807, 2.05) is 23.5 Å². The molecule has 0 N–H and O–H groups in total. The summed E-state index contributed by atoms with van der Waals surface area (Å²) in [4.78, 5) is 4.04. The first-order valence-corrected chi connectivity index (χ1v) is 9.76. The third kappa shape index (κ3) is 5.61. The highest BCUT2D eigenvalue weighted by atomic mass is 32.2. The lowest BCUT2D eigenvalue weighted by atomic mass is 9.87. The van der Waals surface area contributed by atoms with Crippen molar-refractivity contribution in [1.82, 2.24) is 0 Å². The maximum atomic E-state index is 2.37. The summed E-state index contributed by atoms with van der Waals surface area (Å²) < 4.78 is 0.214. The molecule has 2 heteroatoms. The topological polar surface area (TPSA) is 0 Å². The van der Waals surface area contributed by atoms with Crippen molar-refractivity contribution in [1.29, 1.82) is 0 Å². The van der Waals surface area contributed by atoms with Crippen LogP contribution in [0.1, 0.15) is 52.7 Å². The molecule has 0 radical (unpaired) electrons. The minimum Gasteiger partial charge on any atom is -0.119 e. The Balaban J connectivity index is 2.41. The lowest BCUT2D eigenvalue weighted by molar-refractivity contribution is 0.587. The van der Waals surface area contributed by atoms with E-state index < -0.39 is 0 Å². The van der Waals surface area contributed by atoms with Crippen LogP contribution in [0.3, 0.4) is 0 Å². The molecule has 0 aromatic heterocycles. The second-order valence-electron chi connectivity index (χ2n) is 8.04. The summed E-state index contributed by atoms with van der Waals surface area (Å²) in [5.74, 6) is 0. The van der Waals surface area contributed by atoms with E-state index >= 15 is 0 Å². The molecule has 0 heterocycles. The molecule has 0 spiro atoms. The predicted octanol–water partition coefficient (Wildman–Crippen LogP) is 7.33. The predicted molar refractivity (Wildman–Crippen MR) is 106 cm³/mol. The second-order valence-corrected chi connectivity index (χ2v) is 11.0. The Hall–Kier alpha value is -0.860. The van der Waals surface area contributed by atoms with Crippen LogP contribution in [0.2, 0.25) is 0 Å². The Kier molecular flexibility index (Phi) is 5.58. The third-order valence-corrected chi connectivity index (χ3v) is 5.86. The first-order chi connectivity index (χ1) is 10.5. The molecule has 0 nitrogen and oxygen atoms in total. The van der Waals surface area contributed by atoms with Crippen molar-refractivity contribution in [2.75, 3.05) is 0 Å². The SMILES string of the molecule is Cc1ccc(Sc2cc(C(C)(C)C)ccc2SC(C)(C)C)cc1. The molecular formula is C21H28S2. The van der Waals surface area contributed by atoms with Gasteiger partial charge in [0.2, 0.25) is 0 Å². The fourth-order valence-electron chi connectivity index (χ4n) is 2.20. The molecule has 0 aliphatic rings. The Morgan fingerprint density at radius 3 is 1.87 bits per heavy atom. The van der Waals surface area contributed by atoms with Gasteiger partial charge in [0.1, 0.15) is 0 Å². The molecule has 0 fully saturated rings. The molecule has 2 aromatic rings. The molecule has 23 heavy (non-hydrogen) atoms.